The van der Waals surface area contributed by atoms with Crippen LogP contribution in [0.15, 0.2) is 78.9 Å². The van der Waals surface area contributed by atoms with Crippen LogP contribution in [-0.2, 0) is 32.6 Å². The maximum atomic E-state index is 13.9. The average molecular weight is 554 g/mol. The first-order valence-electron chi connectivity index (χ1n) is 12.5. The summed E-state index contributed by atoms with van der Waals surface area (Å²) in [4.78, 5) is 28.5. The highest BCUT2D eigenvalue weighted by molar-refractivity contribution is 7.92. The molecule has 0 aliphatic rings. The molecule has 0 saturated heterocycles. The molecule has 0 unspecified atom stereocenters. The fourth-order valence-corrected chi connectivity index (χ4v) is 5.03. The third kappa shape index (κ3) is 8.22. The van der Waals surface area contributed by atoms with Gasteiger partial charge in [0.2, 0.25) is 21.8 Å². The number of sulfonamides is 1. The summed E-state index contributed by atoms with van der Waals surface area (Å²) in [7, 11) is -0.783. The zero-order valence-electron chi connectivity index (χ0n) is 22.7. The second-order valence-electron chi connectivity index (χ2n) is 8.89. The highest BCUT2D eigenvalue weighted by atomic mass is 32.2. The third-order valence-electron chi connectivity index (χ3n) is 6.12. The number of carbonyl (C=O) groups excluding carboxylic acids is 2. The highest BCUT2D eigenvalue weighted by Gasteiger charge is 2.32. The van der Waals surface area contributed by atoms with E-state index in [0.717, 1.165) is 21.7 Å². The number of rotatable bonds is 13. The number of carbonyl (C=O) groups is 2. The van der Waals surface area contributed by atoms with Gasteiger partial charge in [0.1, 0.15) is 24.1 Å². The number of hydrogen-bond donors (Lipinski definition) is 1. The lowest BCUT2D eigenvalue weighted by Gasteiger charge is -2.33. The number of ether oxygens (including phenoxy) is 2. The van der Waals surface area contributed by atoms with Crippen LogP contribution in [-0.4, -0.2) is 64.7 Å². The molecule has 3 rings (SSSR count). The summed E-state index contributed by atoms with van der Waals surface area (Å²) in [6.07, 6.45) is 1.29. The quantitative estimate of drug-likeness (QED) is 0.349. The van der Waals surface area contributed by atoms with Gasteiger partial charge in [0.15, 0.2) is 0 Å². The second-order valence-corrected chi connectivity index (χ2v) is 10.8. The van der Waals surface area contributed by atoms with Gasteiger partial charge >= 0.3 is 0 Å². The third-order valence-corrected chi connectivity index (χ3v) is 7.26. The smallest absolute Gasteiger partial charge is 0.244 e. The minimum atomic E-state index is -3.84. The van der Waals surface area contributed by atoms with E-state index in [4.69, 9.17) is 9.47 Å². The van der Waals surface area contributed by atoms with Crippen molar-refractivity contribution in [1.29, 1.82) is 0 Å². The molecule has 0 fully saturated rings. The molecule has 208 valence electrons. The largest absolute Gasteiger partial charge is 0.497 e. The molecule has 0 saturated carbocycles. The van der Waals surface area contributed by atoms with E-state index in [1.165, 1.54) is 11.9 Å². The van der Waals surface area contributed by atoms with Gasteiger partial charge in [-0.15, -0.1) is 0 Å². The first-order chi connectivity index (χ1) is 18.7. The van der Waals surface area contributed by atoms with Gasteiger partial charge in [-0.1, -0.05) is 42.5 Å². The summed E-state index contributed by atoms with van der Waals surface area (Å²) in [6, 6.07) is 22.1. The van der Waals surface area contributed by atoms with Crippen molar-refractivity contribution in [3.05, 3.63) is 90.0 Å². The molecule has 2 amide bonds. The lowest BCUT2D eigenvalue weighted by molar-refractivity contribution is -0.139. The Morgan fingerprint density at radius 1 is 0.923 bits per heavy atom. The molecule has 1 atom stereocenters. The van der Waals surface area contributed by atoms with Gasteiger partial charge in [-0.05, 0) is 54.4 Å². The molecule has 10 heteroatoms. The van der Waals surface area contributed by atoms with Crippen molar-refractivity contribution in [3.8, 4) is 11.5 Å². The van der Waals surface area contributed by atoms with E-state index in [1.54, 1.807) is 49.6 Å². The molecule has 0 aliphatic carbocycles. The van der Waals surface area contributed by atoms with Crippen molar-refractivity contribution in [2.24, 2.45) is 0 Å². The van der Waals surface area contributed by atoms with Gasteiger partial charge in [0, 0.05) is 20.0 Å². The highest BCUT2D eigenvalue weighted by Crippen LogP contribution is 2.23. The van der Waals surface area contributed by atoms with Crippen LogP contribution in [0.2, 0.25) is 0 Å². The molecular weight excluding hydrogens is 518 g/mol. The number of benzene rings is 3. The molecule has 39 heavy (non-hydrogen) atoms. The van der Waals surface area contributed by atoms with E-state index in [0.29, 0.717) is 23.8 Å². The van der Waals surface area contributed by atoms with Crippen LogP contribution in [0.3, 0.4) is 0 Å². The number of hydrogen-bond acceptors (Lipinski definition) is 6. The van der Waals surface area contributed by atoms with Crippen molar-refractivity contribution in [3.63, 3.8) is 0 Å². The molecule has 0 bridgehead atoms. The van der Waals surface area contributed by atoms with Crippen LogP contribution in [0.25, 0.3) is 0 Å². The summed E-state index contributed by atoms with van der Waals surface area (Å²) < 4.78 is 37.5. The summed E-state index contributed by atoms with van der Waals surface area (Å²) >= 11 is 0. The number of nitrogens with zero attached hydrogens (tertiary/aromatic N) is 2. The van der Waals surface area contributed by atoms with E-state index < -0.39 is 28.5 Å². The number of nitrogens with one attached hydrogen (secondary N) is 1. The Labute approximate surface area is 230 Å². The van der Waals surface area contributed by atoms with Gasteiger partial charge in [-0.2, -0.15) is 0 Å². The molecular formula is C29H35N3O6S. The lowest BCUT2D eigenvalue weighted by Crippen LogP contribution is -2.52. The molecule has 9 nitrogen and oxygen atoms in total. The summed E-state index contributed by atoms with van der Waals surface area (Å²) in [6.45, 7) is 1.90. The number of amides is 2. The van der Waals surface area contributed by atoms with Crippen LogP contribution in [0.1, 0.15) is 18.1 Å². The fraction of sp³-hybridized carbons (Fsp3) is 0.310. The summed E-state index contributed by atoms with van der Waals surface area (Å²) in [5, 5.41) is 2.66. The zero-order chi connectivity index (χ0) is 28.4. The molecule has 0 aliphatic heterocycles. The first-order valence-corrected chi connectivity index (χ1v) is 14.4. The Balaban J connectivity index is 2.01. The topological polar surface area (TPSA) is 105 Å². The molecule has 0 spiro atoms. The Hall–Kier alpha value is -4.05. The van der Waals surface area contributed by atoms with Crippen LogP contribution in [0.4, 0.5) is 5.69 Å². The minimum Gasteiger partial charge on any atom is -0.497 e. The van der Waals surface area contributed by atoms with Crippen molar-refractivity contribution >= 4 is 27.5 Å². The average Bonchev–Trinajstić information content (AvgIpc) is 2.94. The van der Waals surface area contributed by atoms with Crippen molar-refractivity contribution in [2.75, 3.05) is 37.9 Å². The Bertz CT molecular complexity index is 1350. The fourth-order valence-electron chi connectivity index (χ4n) is 4.18. The van der Waals surface area contributed by atoms with E-state index in [9.17, 15) is 18.0 Å². The van der Waals surface area contributed by atoms with E-state index >= 15 is 0 Å². The maximum Gasteiger partial charge on any atom is 0.244 e. The standard InChI is InChI=1S/C29H35N3O6S/c1-5-38-25-16-14-24(15-17-25)32(39(4,35)36)21-28(33)31(20-23-12-9-13-26(18-23)37-3)27(29(34)30-2)19-22-10-7-6-8-11-22/h6-18,27H,5,19-21H2,1-4H3,(H,30,34)/t27-/m0/s1. The number of likely N-dealkylation sites (N-methyl/N-ethyl adjacent to an activating group) is 1. The van der Waals surface area contributed by atoms with E-state index in [-0.39, 0.29) is 18.9 Å². The molecule has 0 aromatic heterocycles. The van der Waals surface area contributed by atoms with Crippen LogP contribution in [0, 0.1) is 0 Å². The molecule has 3 aromatic carbocycles. The van der Waals surface area contributed by atoms with Crippen molar-refractivity contribution in [2.45, 2.75) is 25.9 Å². The maximum absolute atomic E-state index is 13.9. The minimum absolute atomic E-state index is 0.0713. The van der Waals surface area contributed by atoms with E-state index in [1.807, 2.05) is 43.3 Å². The van der Waals surface area contributed by atoms with Gasteiger partial charge in [0.05, 0.1) is 25.7 Å². The number of anilines is 1. The van der Waals surface area contributed by atoms with Crippen molar-refractivity contribution < 1.29 is 27.5 Å². The Morgan fingerprint density at radius 3 is 2.18 bits per heavy atom. The summed E-state index contributed by atoms with van der Waals surface area (Å²) in [5.74, 6) is 0.304. The predicted molar refractivity (Wildman–Crippen MR) is 151 cm³/mol. The van der Waals surface area contributed by atoms with Gasteiger partial charge in [0.25, 0.3) is 0 Å². The van der Waals surface area contributed by atoms with Crippen molar-refractivity contribution in [1.82, 2.24) is 10.2 Å². The van der Waals surface area contributed by atoms with E-state index in [2.05, 4.69) is 5.32 Å². The molecule has 1 N–H and O–H groups in total. The number of methoxy groups -OCH3 is 1. The molecule has 0 radical (unpaired) electrons. The van der Waals surface area contributed by atoms with Gasteiger partial charge < -0.3 is 19.7 Å². The Morgan fingerprint density at radius 2 is 1.59 bits per heavy atom. The van der Waals surface area contributed by atoms with Crippen LogP contribution >= 0.6 is 0 Å². The normalized spacial score (nSPS) is 11.8. The second kappa shape index (κ2) is 13.7. The van der Waals surface area contributed by atoms with Gasteiger partial charge in [-0.25, -0.2) is 8.42 Å². The predicted octanol–water partition coefficient (Wildman–Crippen LogP) is 3.25. The first kappa shape index (κ1) is 29.5. The zero-order valence-corrected chi connectivity index (χ0v) is 23.5. The van der Waals surface area contributed by atoms with Gasteiger partial charge in [-0.3, -0.25) is 13.9 Å². The monoisotopic (exact) mass is 553 g/mol. The lowest BCUT2D eigenvalue weighted by atomic mass is 10.0. The summed E-state index contributed by atoms with van der Waals surface area (Å²) in [5.41, 5.74) is 1.91. The van der Waals surface area contributed by atoms with Crippen LogP contribution in [0.5, 0.6) is 11.5 Å². The van der Waals surface area contributed by atoms with Crippen LogP contribution < -0.4 is 19.1 Å². The molecule has 0 heterocycles. The SMILES string of the molecule is CCOc1ccc(N(CC(=O)N(Cc2cccc(OC)c2)[C@@H](Cc2ccccc2)C(=O)NC)S(C)(=O)=O)cc1. The molecule has 3 aromatic rings. The Kier molecular flexibility index (Phi) is 10.3.